The van der Waals surface area contributed by atoms with E-state index in [0.29, 0.717) is 18.0 Å². The van der Waals surface area contributed by atoms with E-state index in [2.05, 4.69) is 0 Å². The van der Waals surface area contributed by atoms with Gasteiger partial charge in [-0.15, -0.1) is 0 Å². The minimum absolute atomic E-state index is 0.297. The van der Waals surface area contributed by atoms with Crippen LogP contribution in [0.15, 0.2) is 23.9 Å². The van der Waals surface area contributed by atoms with E-state index in [1.807, 2.05) is 26.0 Å². The van der Waals surface area contributed by atoms with Crippen molar-refractivity contribution in [3.05, 3.63) is 23.9 Å². The first kappa shape index (κ1) is 10.8. The SMILES string of the molecule is CC=CC(C)CC(N)=CC(=O)O. The molecular formula is C9H15NO2. The van der Waals surface area contributed by atoms with Crippen LogP contribution < -0.4 is 5.73 Å². The molecule has 0 bridgehead atoms. The van der Waals surface area contributed by atoms with Gasteiger partial charge in [0.25, 0.3) is 0 Å². The number of allylic oxidation sites excluding steroid dienone is 3. The standard InChI is InChI=1S/C9H15NO2/c1-3-4-7(2)5-8(10)6-9(11)12/h3-4,6-7H,5,10H2,1-2H3,(H,11,12). The fraction of sp³-hybridized carbons (Fsp3) is 0.444. The highest BCUT2D eigenvalue weighted by Crippen LogP contribution is 2.07. The average molecular weight is 169 g/mol. The maximum absolute atomic E-state index is 10.2. The highest BCUT2D eigenvalue weighted by atomic mass is 16.4. The van der Waals surface area contributed by atoms with Crippen molar-refractivity contribution in [2.24, 2.45) is 11.7 Å². The molecule has 0 saturated heterocycles. The van der Waals surface area contributed by atoms with Crippen LogP contribution in [-0.2, 0) is 4.79 Å². The molecule has 3 heteroatoms. The van der Waals surface area contributed by atoms with Crippen molar-refractivity contribution < 1.29 is 9.90 Å². The van der Waals surface area contributed by atoms with Gasteiger partial charge in [-0.1, -0.05) is 19.1 Å². The molecule has 68 valence electrons. The van der Waals surface area contributed by atoms with E-state index in [4.69, 9.17) is 10.8 Å². The van der Waals surface area contributed by atoms with E-state index < -0.39 is 5.97 Å². The summed E-state index contributed by atoms with van der Waals surface area (Å²) in [7, 11) is 0. The van der Waals surface area contributed by atoms with Gasteiger partial charge in [-0.3, -0.25) is 0 Å². The second-order valence-electron chi connectivity index (χ2n) is 2.76. The molecule has 0 spiro atoms. The second kappa shape index (κ2) is 5.41. The number of carboxylic acids is 1. The summed E-state index contributed by atoms with van der Waals surface area (Å²) < 4.78 is 0. The molecule has 0 rings (SSSR count). The van der Waals surface area contributed by atoms with Crippen LogP contribution in [0, 0.1) is 5.92 Å². The Balaban J connectivity index is 3.99. The van der Waals surface area contributed by atoms with Gasteiger partial charge in [0, 0.05) is 11.8 Å². The number of carbonyl (C=O) groups is 1. The third-order valence-corrected chi connectivity index (χ3v) is 1.39. The smallest absolute Gasteiger partial charge is 0.330 e. The van der Waals surface area contributed by atoms with Crippen LogP contribution in [0.5, 0.6) is 0 Å². The minimum atomic E-state index is -0.986. The highest BCUT2D eigenvalue weighted by molar-refractivity contribution is 5.80. The zero-order valence-electron chi connectivity index (χ0n) is 7.45. The van der Waals surface area contributed by atoms with Crippen molar-refractivity contribution in [1.29, 1.82) is 0 Å². The van der Waals surface area contributed by atoms with E-state index in [-0.39, 0.29) is 0 Å². The molecule has 3 nitrogen and oxygen atoms in total. The summed E-state index contributed by atoms with van der Waals surface area (Å²) in [6.45, 7) is 3.91. The molecule has 0 aromatic rings. The van der Waals surface area contributed by atoms with Crippen molar-refractivity contribution in [1.82, 2.24) is 0 Å². The second-order valence-corrected chi connectivity index (χ2v) is 2.76. The van der Waals surface area contributed by atoms with E-state index in [9.17, 15) is 4.79 Å². The molecule has 0 aliphatic carbocycles. The summed E-state index contributed by atoms with van der Waals surface area (Å²) >= 11 is 0. The maximum Gasteiger partial charge on any atom is 0.330 e. The maximum atomic E-state index is 10.2. The van der Waals surface area contributed by atoms with E-state index >= 15 is 0 Å². The summed E-state index contributed by atoms with van der Waals surface area (Å²) in [5.74, 6) is -0.689. The highest BCUT2D eigenvalue weighted by Gasteiger charge is 2.00. The Labute approximate surface area is 72.6 Å². The Morgan fingerprint density at radius 1 is 1.67 bits per heavy atom. The summed E-state index contributed by atoms with van der Waals surface area (Å²) in [5, 5.41) is 8.35. The molecule has 0 aromatic carbocycles. The van der Waals surface area contributed by atoms with Crippen LogP contribution in [0.25, 0.3) is 0 Å². The summed E-state index contributed by atoms with van der Waals surface area (Å²) in [6.07, 6.45) is 5.55. The van der Waals surface area contributed by atoms with Gasteiger partial charge < -0.3 is 10.8 Å². The monoisotopic (exact) mass is 169 g/mol. The Kier molecular flexibility index (Phi) is 4.84. The summed E-state index contributed by atoms with van der Waals surface area (Å²) in [5.41, 5.74) is 5.86. The zero-order chi connectivity index (χ0) is 9.56. The molecule has 0 aromatic heterocycles. The molecule has 1 atom stereocenters. The lowest BCUT2D eigenvalue weighted by molar-refractivity contribution is -0.131. The first-order valence-corrected chi connectivity index (χ1v) is 3.88. The Morgan fingerprint density at radius 2 is 2.25 bits per heavy atom. The molecule has 0 radical (unpaired) electrons. The zero-order valence-corrected chi connectivity index (χ0v) is 7.45. The van der Waals surface area contributed by atoms with Crippen LogP contribution in [0.3, 0.4) is 0 Å². The lowest BCUT2D eigenvalue weighted by Gasteiger charge is -2.04. The minimum Gasteiger partial charge on any atom is -0.478 e. The third-order valence-electron chi connectivity index (χ3n) is 1.39. The van der Waals surface area contributed by atoms with Gasteiger partial charge in [0.1, 0.15) is 0 Å². The number of hydrogen-bond acceptors (Lipinski definition) is 2. The predicted molar refractivity (Wildman–Crippen MR) is 48.5 cm³/mol. The van der Waals surface area contributed by atoms with Crippen LogP contribution in [0.2, 0.25) is 0 Å². The third kappa shape index (κ3) is 5.53. The van der Waals surface area contributed by atoms with Gasteiger partial charge in [-0.05, 0) is 19.3 Å². The van der Waals surface area contributed by atoms with E-state index in [0.717, 1.165) is 6.08 Å². The normalized spacial score (nSPS) is 15.0. The van der Waals surface area contributed by atoms with Gasteiger partial charge in [-0.25, -0.2) is 4.79 Å². The van der Waals surface area contributed by atoms with Gasteiger partial charge in [0.05, 0.1) is 0 Å². The number of aliphatic carboxylic acids is 1. The van der Waals surface area contributed by atoms with E-state index in [1.54, 1.807) is 0 Å². The van der Waals surface area contributed by atoms with E-state index in [1.165, 1.54) is 0 Å². The quantitative estimate of drug-likeness (QED) is 0.495. The largest absolute Gasteiger partial charge is 0.478 e. The number of rotatable bonds is 4. The van der Waals surface area contributed by atoms with Gasteiger partial charge in [-0.2, -0.15) is 0 Å². The fourth-order valence-corrected chi connectivity index (χ4v) is 0.986. The molecular weight excluding hydrogens is 154 g/mol. The Hall–Kier alpha value is -1.25. The lowest BCUT2D eigenvalue weighted by atomic mass is 10.1. The number of carboxylic acid groups (broad SMARTS) is 1. The first-order chi connectivity index (χ1) is 5.56. The lowest BCUT2D eigenvalue weighted by Crippen LogP contribution is -2.05. The number of hydrogen-bond donors (Lipinski definition) is 2. The van der Waals surface area contributed by atoms with Crippen molar-refractivity contribution in [2.45, 2.75) is 20.3 Å². The van der Waals surface area contributed by atoms with Gasteiger partial charge >= 0.3 is 5.97 Å². The van der Waals surface area contributed by atoms with Crippen molar-refractivity contribution in [3.8, 4) is 0 Å². The summed E-state index contributed by atoms with van der Waals surface area (Å²) in [4.78, 5) is 10.2. The molecule has 0 heterocycles. The van der Waals surface area contributed by atoms with Crippen LogP contribution in [0.1, 0.15) is 20.3 Å². The summed E-state index contributed by atoms with van der Waals surface area (Å²) in [6, 6.07) is 0. The van der Waals surface area contributed by atoms with Crippen molar-refractivity contribution in [2.75, 3.05) is 0 Å². The average Bonchev–Trinajstić information content (AvgIpc) is 1.84. The van der Waals surface area contributed by atoms with Gasteiger partial charge in [0.15, 0.2) is 0 Å². The predicted octanol–water partition coefficient (Wildman–Crippen LogP) is 1.52. The molecule has 0 fully saturated rings. The molecule has 1 unspecified atom stereocenters. The van der Waals surface area contributed by atoms with Crippen LogP contribution in [-0.4, -0.2) is 11.1 Å². The number of nitrogens with two attached hydrogens (primary N) is 1. The molecule has 0 saturated carbocycles. The molecule has 3 N–H and O–H groups in total. The van der Waals surface area contributed by atoms with Gasteiger partial charge in [0.2, 0.25) is 0 Å². The van der Waals surface area contributed by atoms with Crippen molar-refractivity contribution in [3.63, 3.8) is 0 Å². The van der Waals surface area contributed by atoms with Crippen molar-refractivity contribution >= 4 is 5.97 Å². The van der Waals surface area contributed by atoms with Crippen LogP contribution >= 0.6 is 0 Å². The van der Waals surface area contributed by atoms with Crippen LogP contribution in [0.4, 0.5) is 0 Å². The topological polar surface area (TPSA) is 63.3 Å². The molecule has 12 heavy (non-hydrogen) atoms. The molecule has 0 aliphatic rings. The fourth-order valence-electron chi connectivity index (χ4n) is 0.986. The Bertz CT molecular complexity index is 207. The molecule has 0 amide bonds. The Morgan fingerprint density at radius 3 is 2.67 bits per heavy atom. The molecule has 0 aliphatic heterocycles. The first-order valence-electron chi connectivity index (χ1n) is 3.88.